The summed E-state index contributed by atoms with van der Waals surface area (Å²) in [4.78, 5) is 20.9. The second-order valence-corrected chi connectivity index (χ2v) is 5.49. The van der Waals surface area contributed by atoms with Gasteiger partial charge in [0, 0.05) is 6.20 Å². The number of ether oxygens (including phenoxy) is 1. The number of aliphatic hydroxyl groups excluding tert-OH is 2. The molecule has 1 aliphatic rings. The van der Waals surface area contributed by atoms with E-state index >= 15 is 0 Å². The molecule has 2 rings (SSSR count). The standard InChI is InChI=1S/C9H14N3O8P.Na/c10-5-1-2-12(9(15)11-5)8-6(14)7(4(3-13)19-8)20-21(16,17)18;/h1-2,4,6-8,13-14H,3H2,(H2,10,11,15)(H2,16,17,18);/q;+1/p-1/t4-,6-,7-,8-;/m1./s1. The van der Waals surface area contributed by atoms with Crippen molar-refractivity contribution in [2.24, 2.45) is 0 Å². The van der Waals surface area contributed by atoms with Crippen LogP contribution in [0.25, 0.3) is 0 Å². The Bertz CT molecular complexity index is 621. The number of hydrogen-bond acceptors (Lipinski definition) is 8. The molecule has 1 fully saturated rings. The van der Waals surface area contributed by atoms with Crippen LogP contribution in [0.5, 0.6) is 6.01 Å². The van der Waals surface area contributed by atoms with Gasteiger partial charge >= 0.3 is 37.4 Å². The number of rotatable bonds is 4. The summed E-state index contributed by atoms with van der Waals surface area (Å²) in [6.45, 7) is -0.684. The second kappa shape index (κ2) is 7.49. The summed E-state index contributed by atoms with van der Waals surface area (Å²) in [5.74, 6) is 0. The summed E-state index contributed by atoms with van der Waals surface area (Å²) in [6, 6.07) is 0.280. The van der Waals surface area contributed by atoms with Crippen LogP contribution in [-0.2, 0) is 13.8 Å². The summed E-state index contributed by atoms with van der Waals surface area (Å²) in [5, 5.41) is 38.0. The molecule has 1 aromatic heterocycles. The minimum Gasteiger partial charge on any atom is -0.846 e. The number of phosphoric acid groups is 1. The van der Waals surface area contributed by atoms with E-state index in [0.717, 1.165) is 10.8 Å². The van der Waals surface area contributed by atoms with Crippen molar-refractivity contribution in [2.75, 3.05) is 6.61 Å². The van der Waals surface area contributed by atoms with Crippen LogP contribution in [0, 0.1) is 5.41 Å². The van der Waals surface area contributed by atoms with Gasteiger partial charge < -0.3 is 34.4 Å². The van der Waals surface area contributed by atoms with E-state index in [1.807, 2.05) is 0 Å². The number of phosphoric ester groups is 1. The van der Waals surface area contributed by atoms with Crippen LogP contribution in [-0.4, -0.2) is 54.5 Å². The Labute approximate surface area is 146 Å². The molecule has 0 aromatic carbocycles. The van der Waals surface area contributed by atoms with E-state index in [2.05, 4.69) is 9.51 Å². The first-order valence-electron chi connectivity index (χ1n) is 5.72. The first-order valence-corrected chi connectivity index (χ1v) is 7.25. The van der Waals surface area contributed by atoms with Gasteiger partial charge in [-0.25, -0.2) is 9.55 Å². The van der Waals surface area contributed by atoms with Gasteiger partial charge in [-0.3, -0.25) is 9.93 Å². The van der Waals surface area contributed by atoms with Gasteiger partial charge in [0.25, 0.3) is 0 Å². The fourth-order valence-electron chi connectivity index (χ4n) is 1.99. The van der Waals surface area contributed by atoms with Crippen molar-refractivity contribution in [3.63, 3.8) is 0 Å². The smallest absolute Gasteiger partial charge is 0.846 e. The molecule has 0 amide bonds. The monoisotopic (exact) mass is 345 g/mol. The Kier molecular flexibility index (Phi) is 6.72. The molecule has 13 heteroatoms. The Morgan fingerprint density at radius 1 is 1.55 bits per heavy atom. The quantitative estimate of drug-likeness (QED) is 0.262. The number of aliphatic hydroxyl groups is 2. The number of aromatic nitrogens is 2. The first kappa shape index (κ1) is 19.7. The van der Waals surface area contributed by atoms with E-state index in [-0.39, 0.29) is 35.0 Å². The van der Waals surface area contributed by atoms with Crippen LogP contribution in [0.1, 0.15) is 6.23 Å². The van der Waals surface area contributed by atoms with E-state index in [4.69, 9.17) is 25.0 Å². The zero-order valence-corrected chi connectivity index (χ0v) is 14.3. The minimum absolute atomic E-state index is 0. The van der Waals surface area contributed by atoms with Gasteiger partial charge in [0.2, 0.25) is 0 Å². The van der Waals surface area contributed by atoms with Crippen molar-refractivity contribution in [1.29, 1.82) is 5.41 Å². The van der Waals surface area contributed by atoms with Crippen molar-refractivity contribution in [3.8, 4) is 6.01 Å². The maximum absolute atomic E-state index is 11.6. The van der Waals surface area contributed by atoms with Gasteiger partial charge in [-0.2, -0.15) is 0 Å². The zero-order chi connectivity index (χ0) is 15.8. The predicted octanol–water partition coefficient (Wildman–Crippen LogP) is -5.83. The Hall–Kier alpha value is -0.330. The zero-order valence-electron chi connectivity index (χ0n) is 11.4. The number of hydrogen-bond donors (Lipinski definition) is 5. The molecule has 1 aliphatic heterocycles. The largest absolute Gasteiger partial charge is 1.00 e. The molecule has 22 heavy (non-hydrogen) atoms. The average molecular weight is 345 g/mol. The summed E-state index contributed by atoms with van der Waals surface area (Å²) >= 11 is 0. The Morgan fingerprint density at radius 2 is 2.18 bits per heavy atom. The van der Waals surface area contributed by atoms with Crippen molar-refractivity contribution in [2.45, 2.75) is 24.5 Å². The molecule has 0 aliphatic carbocycles. The molecule has 4 atom stereocenters. The molecule has 118 valence electrons. The van der Waals surface area contributed by atoms with Crippen LogP contribution in [0.4, 0.5) is 0 Å². The summed E-state index contributed by atoms with van der Waals surface area (Å²) < 4.78 is 21.3. The van der Waals surface area contributed by atoms with E-state index in [0.29, 0.717) is 0 Å². The minimum atomic E-state index is -4.92. The molecule has 0 bridgehead atoms. The third kappa shape index (κ3) is 4.36. The molecule has 11 nitrogen and oxygen atoms in total. The maximum Gasteiger partial charge on any atom is 1.00 e. The van der Waals surface area contributed by atoms with Gasteiger partial charge in [0.1, 0.15) is 23.8 Å². The maximum atomic E-state index is 11.6. The molecule has 0 spiro atoms. The SMILES string of the molecule is N=c1ccn([C@@H]2O[C@H](CO)[C@@H](OP(=O)(O)O)[C@H]2O)c([O-])n1.[Na+]. The molecule has 1 saturated heterocycles. The van der Waals surface area contributed by atoms with E-state index < -0.39 is 45.0 Å². The van der Waals surface area contributed by atoms with Crippen molar-refractivity contribution in [3.05, 3.63) is 17.8 Å². The Balaban J connectivity index is 0.00000242. The number of nitrogens with one attached hydrogen (secondary N) is 1. The first-order chi connectivity index (χ1) is 9.73. The number of nitrogens with zero attached hydrogens (tertiary/aromatic N) is 2. The summed E-state index contributed by atoms with van der Waals surface area (Å²) in [6.07, 6.45) is -4.59. The van der Waals surface area contributed by atoms with Gasteiger partial charge in [0.15, 0.2) is 6.23 Å². The normalized spacial score (nSPS) is 28.4. The van der Waals surface area contributed by atoms with Crippen molar-refractivity contribution >= 4 is 7.82 Å². The van der Waals surface area contributed by atoms with Crippen molar-refractivity contribution in [1.82, 2.24) is 9.55 Å². The summed E-state index contributed by atoms with van der Waals surface area (Å²) in [7, 11) is -4.92. The van der Waals surface area contributed by atoms with E-state index in [1.165, 1.54) is 6.07 Å². The molecule has 2 heterocycles. The predicted molar refractivity (Wildman–Crippen MR) is 61.4 cm³/mol. The van der Waals surface area contributed by atoms with Crippen molar-refractivity contribution < 1.29 is 68.5 Å². The molecular formula is C9H13N3NaO8P. The van der Waals surface area contributed by atoms with E-state index in [1.54, 1.807) is 0 Å². The second-order valence-electron chi connectivity index (χ2n) is 4.30. The van der Waals surface area contributed by atoms with Crippen LogP contribution in [0.2, 0.25) is 0 Å². The molecule has 5 N–H and O–H groups in total. The molecule has 0 saturated carbocycles. The molecule has 0 radical (unpaired) electrons. The third-order valence-corrected chi connectivity index (χ3v) is 3.37. The fourth-order valence-corrected chi connectivity index (χ4v) is 2.57. The fraction of sp³-hybridized carbons (Fsp3) is 0.556. The average Bonchev–Trinajstić information content (AvgIpc) is 2.65. The van der Waals surface area contributed by atoms with Gasteiger partial charge in [0.05, 0.1) is 12.6 Å². The van der Waals surface area contributed by atoms with Crippen LogP contribution < -0.4 is 40.2 Å². The third-order valence-electron chi connectivity index (χ3n) is 2.85. The molecular weight excluding hydrogens is 332 g/mol. The van der Waals surface area contributed by atoms with E-state index in [9.17, 15) is 14.8 Å². The molecule has 0 unspecified atom stereocenters. The summed E-state index contributed by atoms with van der Waals surface area (Å²) in [5.41, 5.74) is -0.287. The topological polar surface area (TPSA) is 181 Å². The van der Waals surface area contributed by atoms with Gasteiger partial charge in [-0.1, -0.05) is 0 Å². The van der Waals surface area contributed by atoms with Crippen LogP contribution in [0.15, 0.2) is 12.3 Å². The van der Waals surface area contributed by atoms with Gasteiger partial charge in [-0.15, -0.1) is 0 Å². The van der Waals surface area contributed by atoms with Crippen LogP contribution in [0.3, 0.4) is 0 Å². The van der Waals surface area contributed by atoms with Crippen LogP contribution >= 0.6 is 7.82 Å². The van der Waals surface area contributed by atoms with Gasteiger partial charge in [-0.05, 0) is 6.07 Å². The molecule has 1 aromatic rings. The Morgan fingerprint density at radius 3 is 2.68 bits per heavy atom.